The molecule has 1 aliphatic heterocycles. The lowest BCUT2D eigenvalue weighted by molar-refractivity contribution is -0.126. The molecule has 2 N–H and O–H groups in total. The van der Waals surface area contributed by atoms with Gasteiger partial charge in [0.15, 0.2) is 0 Å². The SMILES string of the molecule is COCc1nn2c(c1-c1ccc(F)cc1)NC(=O)C2CC(=O)NCc1ccccc1. The number of hydrogen-bond acceptors (Lipinski definition) is 4. The van der Waals surface area contributed by atoms with E-state index in [1.54, 1.807) is 19.2 Å². The van der Waals surface area contributed by atoms with Crippen LogP contribution in [-0.2, 0) is 27.5 Å². The average Bonchev–Trinajstić information content (AvgIpc) is 3.23. The van der Waals surface area contributed by atoms with Gasteiger partial charge in [-0.1, -0.05) is 42.5 Å². The normalized spacial score (nSPS) is 15.0. The number of halogens is 1. The molecule has 30 heavy (non-hydrogen) atoms. The maximum Gasteiger partial charge on any atom is 0.251 e. The number of aromatic nitrogens is 2. The van der Waals surface area contributed by atoms with Gasteiger partial charge < -0.3 is 15.4 Å². The van der Waals surface area contributed by atoms with Crippen LogP contribution in [0.1, 0.15) is 23.7 Å². The molecule has 0 fully saturated rings. The second-order valence-electron chi connectivity index (χ2n) is 7.03. The van der Waals surface area contributed by atoms with Gasteiger partial charge in [-0.2, -0.15) is 5.10 Å². The van der Waals surface area contributed by atoms with Crippen molar-refractivity contribution in [2.24, 2.45) is 0 Å². The fourth-order valence-corrected chi connectivity index (χ4v) is 3.52. The lowest BCUT2D eigenvalue weighted by Crippen LogP contribution is -2.28. The topological polar surface area (TPSA) is 85.2 Å². The summed E-state index contributed by atoms with van der Waals surface area (Å²) in [4.78, 5) is 25.0. The molecule has 0 spiro atoms. The van der Waals surface area contributed by atoms with Crippen LogP contribution < -0.4 is 10.6 Å². The molecule has 154 valence electrons. The lowest BCUT2D eigenvalue weighted by atomic mass is 10.1. The Hall–Kier alpha value is -3.52. The first-order valence-corrected chi connectivity index (χ1v) is 9.54. The number of methoxy groups -OCH3 is 1. The Kier molecular flexibility index (Phi) is 5.58. The van der Waals surface area contributed by atoms with Gasteiger partial charge in [0.25, 0.3) is 5.91 Å². The molecule has 0 saturated heterocycles. The van der Waals surface area contributed by atoms with Crippen LogP contribution in [-0.4, -0.2) is 28.7 Å². The fourth-order valence-electron chi connectivity index (χ4n) is 3.52. The first kappa shape index (κ1) is 19.8. The van der Waals surface area contributed by atoms with E-state index >= 15 is 0 Å². The van der Waals surface area contributed by atoms with Gasteiger partial charge in [-0.25, -0.2) is 9.07 Å². The second kappa shape index (κ2) is 8.46. The van der Waals surface area contributed by atoms with Crippen molar-refractivity contribution in [2.45, 2.75) is 25.6 Å². The molecule has 2 aromatic carbocycles. The number of hydrogen-bond donors (Lipinski definition) is 2. The van der Waals surface area contributed by atoms with Crippen molar-refractivity contribution in [2.75, 3.05) is 12.4 Å². The van der Waals surface area contributed by atoms with E-state index in [2.05, 4.69) is 15.7 Å². The summed E-state index contributed by atoms with van der Waals surface area (Å²) in [5, 5.41) is 10.2. The quantitative estimate of drug-likeness (QED) is 0.629. The molecular weight excluding hydrogens is 387 g/mol. The third kappa shape index (κ3) is 3.95. The minimum absolute atomic E-state index is 0.0391. The van der Waals surface area contributed by atoms with Gasteiger partial charge in [-0.05, 0) is 23.3 Å². The van der Waals surface area contributed by atoms with Gasteiger partial charge in [-0.15, -0.1) is 0 Å². The van der Waals surface area contributed by atoms with E-state index in [-0.39, 0.29) is 30.7 Å². The van der Waals surface area contributed by atoms with Crippen LogP contribution in [0.5, 0.6) is 0 Å². The van der Waals surface area contributed by atoms with E-state index < -0.39 is 6.04 Å². The standard InChI is InChI=1S/C22H21FN4O3/c1-30-13-17-20(15-7-9-16(23)10-8-15)21-25-22(29)18(27(21)26-17)11-19(28)24-12-14-5-3-2-4-6-14/h2-10,18H,11-13H2,1H3,(H,24,28)(H,25,29). The van der Waals surface area contributed by atoms with Gasteiger partial charge in [0.2, 0.25) is 5.91 Å². The van der Waals surface area contributed by atoms with E-state index in [0.29, 0.717) is 29.2 Å². The number of carbonyl (C=O) groups is 2. The number of benzene rings is 2. The zero-order chi connectivity index (χ0) is 21.1. The summed E-state index contributed by atoms with van der Waals surface area (Å²) in [6, 6.07) is 14.7. The molecule has 2 amide bonds. The predicted molar refractivity (Wildman–Crippen MR) is 109 cm³/mol. The van der Waals surface area contributed by atoms with Crippen molar-refractivity contribution < 1.29 is 18.7 Å². The molecule has 1 aromatic heterocycles. The summed E-state index contributed by atoms with van der Waals surface area (Å²) in [5.74, 6) is -0.425. The lowest BCUT2D eigenvalue weighted by Gasteiger charge is -2.10. The second-order valence-corrected chi connectivity index (χ2v) is 7.03. The Balaban J connectivity index is 1.56. The number of amides is 2. The van der Waals surface area contributed by atoms with E-state index in [4.69, 9.17) is 4.74 Å². The molecule has 8 heteroatoms. The third-order valence-electron chi connectivity index (χ3n) is 4.95. The van der Waals surface area contributed by atoms with Gasteiger partial charge in [0, 0.05) is 19.2 Å². The number of carbonyl (C=O) groups excluding carboxylic acids is 2. The predicted octanol–water partition coefficient (Wildman–Crippen LogP) is 3.04. The minimum atomic E-state index is -0.763. The molecule has 0 aliphatic carbocycles. The van der Waals surface area contributed by atoms with Crippen LogP contribution in [0.4, 0.5) is 10.2 Å². The van der Waals surface area contributed by atoms with Crippen LogP contribution in [0.3, 0.4) is 0 Å². The average molecular weight is 408 g/mol. The number of rotatable bonds is 7. The molecular formula is C22H21FN4O3. The van der Waals surface area contributed by atoms with Gasteiger partial charge in [-0.3, -0.25) is 9.59 Å². The van der Waals surface area contributed by atoms with Crippen molar-refractivity contribution in [1.82, 2.24) is 15.1 Å². The number of nitrogens with one attached hydrogen (secondary N) is 2. The number of anilines is 1. The molecule has 2 heterocycles. The first-order chi connectivity index (χ1) is 14.6. The van der Waals surface area contributed by atoms with Crippen LogP contribution in [0.25, 0.3) is 11.1 Å². The van der Waals surface area contributed by atoms with Crippen molar-refractivity contribution in [1.29, 1.82) is 0 Å². The van der Waals surface area contributed by atoms with Crippen molar-refractivity contribution in [3.63, 3.8) is 0 Å². The van der Waals surface area contributed by atoms with Crippen LogP contribution in [0.15, 0.2) is 54.6 Å². The molecule has 3 aromatic rings. The Labute approximate surface area is 172 Å². The summed E-state index contributed by atoms with van der Waals surface area (Å²) in [6.07, 6.45) is -0.0391. The molecule has 1 unspecified atom stereocenters. The van der Waals surface area contributed by atoms with Crippen molar-refractivity contribution >= 4 is 17.6 Å². The summed E-state index contributed by atoms with van der Waals surface area (Å²) < 4.78 is 20.1. The first-order valence-electron chi connectivity index (χ1n) is 9.54. The van der Waals surface area contributed by atoms with Gasteiger partial charge in [0.05, 0.1) is 18.7 Å². The van der Waals surface area contributed by atoms with Gasteiger partial charge in [0.1, 0.15) is 17.7 Å². The molecule has 0 saturated carbocycles. The molecule has 0 radical (unpaired) electrons. The number of ether oxygens (including phenoxy) is 1. The maximum absolute atomic E-state index is 13.4. The Morgan fingerprint density at radius 3 is 2.63 bits per heavy atom. The summed E-state index contributed by atoms with van der Waals surface area (Å²) in [5.41, 5.74) is 2.95. The van der Waals surface area contributed by atoms with Crippen LogP contribution in [0, 0.1) is 5.82 Å². The smallest absolute Gasteiger partial charge is 0.251 e. The van der Waals surface area contributed by atoms with E-state index in [1.165, 1.54) is 16.8 Å². The maximum atomic E-state index is 13.4. The Morgan fingerprint density at radius 1 is 1.20 bits per heavy atom. The largest absolute Gasteiger partial charge is 0.378 e. The Morgan fingerprint density at radius 2 is 1.93 bits per heavy atom. The minimum Gasteiger partial charge on any atom is -0.378 e. The van der Waals surface area contributed by atoms with Crippen LogP contribution in [0.2, 0.25) is 0 Å². The molecule has 0 bridgehead atoms. The number of nitrogens with zero attached hydrogens (tertiary/aromatic N) is 2. The summed E-state index contributed by atoms with van der Waals surface area (Å²) in [6.45, 7) is 0.602. The Bertz CT molecular complexity index is 1060. The highest BCUT2D eigenvalue weighted by Crippen LogP contribution is 2.38. The zero-order valence-electron chi connectivity index (χ0n) is 16.4. The zero-order valence-corrected chi connectivity index (χ0v) is 16.4. The monoisotopic (exact) mass is 408 g/mol. The number of fused-ring (bicyclic) bond motifs is 1. The van der Waals surface area contributed by atoms with Crippen molar-refractivity contribution in [3.05, 3.63) is 71.7 Å². The summed E-state index contributed by atoms with van der Waals surface area (Å²) >= 11 is 0. The molecule has 1 aliphatic rings. The highest BCUT2D eigenvalue weighted by Gasteiger charge is 2.37. The summed E-state index contributed by atoms with van der Waals surface area (Å²) in [7, 11) is 1.55. The molecule has 1 atom stereocenters. The molecule has 4 rings (SSSR count). The fraction of sp³-hybridized carbons (Fsp3) is 0.227. The van der Waals surface area contributed by atoms with Crippen LogP contribution >= 0.6 is 0 Å². The highest BCUT2D eigenvalue weighted by atomic mass is 19.1. The van der Waals surface area contributed by atoms with E-state index in [1.807, 2.05) is 30.3 Å². The molecule has 7 nitrogen and oxygen atoms in total. The van der Waals surface area contributed by atoms with Gasteiger partial charge >= 0.3 is 0 Å². The van der Waals surface area contributed by atoms with Crippen molar-refractivity contribution in [3.8, 4) is 11.1 Å². The van der Waals surface area contributed by atoms with E-state index in [9.17, 15) is 14.0 Å². The highest BCUT2D eigenvalue weighted by molar-refractivity contribution is 6.03. The van der Waals surface area contributed by atoms with E-state index in [0.717, 1.165) is 5.56 Å². The third-order valence-corrected chi connectivity index (χ3v) is 4.95.